The van der Waals surface area contributed by atoms with E-state index in [0.717, 1.165) is 36.9 Å². The minimum absolute atomic E-state index is 0.0670. The van der Waals surface area contributed by atoms with Crippen molar-refractivity contribution in [2.75, 3.05) is 0 Å². The molecule has 1 saturated carbocycles. The smallest absolute Gasteiger partial charge is 0.315 e. The lowest BCUT2D eigenvalue weighted by atomic mass is 9.91. The minimum atomic E-state index is -0.172. The van der Waals surface area contributed by atoms with E-state index in [9.17, 15) is 9.59 Å². The van der Waals surface area contributed by atoms with Gasteiger partial charge in [-0.1, -0.05) is 23.7 Å². The fraction of sp³-hybridized carbons (Fsp3) is 0.381. The number of carbonyl (C=O) groups is 2. The second-order valence-electron chi connectivity index (χ2n) is 7.16. The normalized spacial score (nSPS) is 18.9. The molecule has 7 heteroatoms. The maximum absolute atomic E-state index is 12.3. The number of urea groups is 1. The van der Waals surface area contributed by atoms with Crippen LogP contribution in [0.4, 0.5) is 4.79 Å². The monoisotopic (exact) mass is 400 g/mol. The van der Waals surface area contributed by atoms with E-state index in [0.29, 0.717) is 17.1 Å². The number of benzene rings is 1. The summed E-state index contributed by atoms with van der Waals surface area (Å²) in [6.07, 6.45) is 5.02. The highest BCUT2D eigenvalue weighted by Crippen LogP contribution is 2.19. The Hall–Kier alpha value is -2.60. The van der Waals surface area contributed by atoms with Gasteiger partial charge >= 0.3 is 6.03 Å². The molecule has 1 aliphatic rings. The summed E-state index contributed by atoms with van der Waals surface area (Å²) in [5, 5.41) is 9.64. The van der Waals surface area contributed by atoms with Gasteiger partial charge in [-0.3, -0.25) is 9.78 Å². The summed E-state index contributed by atoms with van der Waals surface area (Å²) in [5.74, 6) is -0.0670. The molecule has 3 amide bonds. The zero-order valence-corrected chi connectivity index (χ0v) is 16.6. The molecule has 6 nitrogen and oxygen atoms in total. The third kappa shape index (κ3) is 5.96. The number of nitrogens with one attached hydrogen (secondary N) is 3. The maximum atomic E-state index is 12.3. The molecule has 28 heavy (non-hydrogen) atoms. The molecule has 0 saturated heterocycles. The third-order valence-electron chi connectivity index (χ3n) is 4.92. The van der Waals surface area contributed by atoms with E-state index in [1.54, 1.807) is 30.5 Å². The fourth-order valence-corrected chi connectivity index (χ4v) is 3.48. The highest BCUT2D eigenvalue weighted by atomic mass is 35.5. The summed E-state index contributed by atoms with van der Waals surface area (Å²) in [7, 11) is 0. The average Bonchev–Trinajstić information content (AvgIpc) is 2.69. The topological polar surface area (TPSA) is 83.1 Å². The van der Waals surface area contributed by atoms with E-state index in [2.05, 4.69) is 20.9 Å². The summed E-state index contributed by atoms with van der Waals surface area (Å²) in [4.78, 5) is 28.6. The molecule has 1 heterocycles. The van der Waals surface area contributed by atoms with Crippen LogP contribution in [0.25, 0.3) is 0 Å². The van der Waals surface area contributed by atoms with Gasteiger partial charge in [-0.15, -0.1) is 0 Å². The van der Waals surface area contributed by atoms with Gasteiger partial charge in [0, 0.05) is 41.1 Å². The van der Waals surface area contributed by atoms with Gasteiger partial charge in [-0.2, -0.15) is 0 Å². The van der Waals surface area contributed by atoms with Crippen molar-refractivity contribution in [3.63, 3.8) is 0 Å². The Balaban J connectivity index is 1.38. The van der Waals surface area contributed by atoms with Crippen LogP contribution in [0, 0.1) is 6.92 Å². The highest BCUT2D eigenvalue weighted by Gasteiger charge is 2.23. The van der Waals surface area contributed by atoms with Gasteiger partial charge in [-0.25, -0.2) is 4.79 Å². The summed E-state index contributed by atoms with van der Waals surface area (Å²) >= 11 is 5.86. The van der Waals surface area contributed by atoms with Crippen molar-refractivity contribution in [3.8, 4) is 0 Å². The van der Waals surface area contributed by atoms with Gasteiger partial charge in [0.05, 0.1) is 0 Å². The Morgan fingerprint density at radius 3 is 2.32 bits per heavy atom. The molecule has 3 N–H and O–H groups in total. The Labute approximate surface area is 170 Å². The van der Waals surface area contributed by atoms with Crippen molar-refractivity contribution < 1.29 is 9.59 Å². The lowest BCUT2D eigenvalue weighted by Gasteiger charge is -2.29. The van der Waals surface area contributed by atoms with Gasteiger partial charge in [0.25, 0.3) is 5.91 Å². The van der Waals surface area contributed by atoms with Crippen molar-refractivity contribution in [1.29, 1.82) is 0 Å². The second kappa shape index (κ2) is 9.55. The van der Waals surface area contributed by atoms with Crippen LogP contribution in [-0.4, -0.2) is 29.0 Å². The lowest BCUT2D eigenvalue weighted by Crippen LogP contribution is -2.46. The summed E-state index contributed by atoms with van der Waals surface area (Å²) in [5.41, 5.74) is 2.46. The first kappa shape index (κ1) is 20.1. The molecular weight excluding hydrogens is 376 g/mol. The predicted octanol–water partition coefficient (Wildman–Crippen LogP) is 3.58. The van der Waals surface area contributed by atoms with Crippen LogP contribution in [-0.2, 0) is 6.54 Å². The lowest BCUT2D eigenvalue weighted by molar-refractivity contribution is 0.0924. The highest BCUT2D eigenvalue weighted by molar-refractivity contribution is 6.30. The molecule has 0 aliphatic heterocycles. The van der Waals surface area contributed by atoms with Gasteiger partial charge in [0.15, 0.2) is 0 Å². The molecule has 0 atom stereocenters. The zero-order chi connectivity index (χ0) is 19.9. The van der Waals surface area contributed by atoms with E-state index in [1.807, 2.05) is 19.1 Å². The number of carbonyl (C=O) groups excluding carboxylic acids is 2. The Kier molecular flexibility index (Phi) is 6.87. The number of halogens is 1. The number of aryl methyl sites for hydroxylation is 1. The molecule has 1 aromatic carbocycles. The zero-order valence-electron chi connectivity index (χ0n) is 15.9. The standard InChI is InChI=1S/C21H25ClN4O2/c1-14-12-16(10-11-23-14)20(27)25-18-6-8-19(9-7-18)26-21(28)24-13-15-2-4-17(22)5-3-15/h2-5,10-12,18-19H,6-9,13H2,1H3,(H,25,27)(H2,24,26,28). The number of hydrogen-bond donors (Lipinski definition) is 3. The van der Waals surface area contributed by atoms with Gasteiger partial charge in [0.2, 0.25) is 0 Å². The van der Waals surface area contributed by atoms with E-state index in [1.165, 1.54) is 0 Å². The summed E-state index contributed by atoms with van der Waals surface area (Å²) in [6.45, 7) is 2.32. The van der Waals surface area contributed by atoms with E-state index < -0.39 is 0 Å². The van der Waals surface area contributed by atoms with Crippen molar-refractivity contribution in [3.05, 3.63) is 64.4 Å². The largest absolute Gasteiger partial charge is 0.349 e. The van der Waals surface area contributed by atoms with Crippen molar-refractivity contribution in [2.45, 2.75) is 51.2 Å². The molecule has 2 aromatic rings. The maximum Gasteiger partial charge on any atom is 0.315 e. The number of aromatic nitrogens is 1. The quantitative estimate of drug-likeness (QED) is 0.717. The molecule has 1 aliphatic carbocycles. The van der Waals surface area contributed by atoms with E-state index in [4.69, 9.17) is 11.6 Å². The molecule has 3 rings (SSSR count). The molecule has 1 aromatic heterocycles. The van der Waals surface area contributed by atoms with E-state index >= 15 is 0 Å². The first-order chi connectivity index (χ1) is 13.5. The number of pyridine rings is 1. The number of amides is 3. The molecule has 0 bridgehead atoms. The van der Waals surface area contributed by atoms with Crippen LogP contribution in [0.15, 0.2) is 42.6 Å². The summed E-state index contributed by atoms with van der Waals surface area (Å²) < 4.78 is 0. The molecule has 0 spiro atoms. The number of nitrogens with zero attached hydrogens (tertiary/aromatic N) is 1. The first-order valence-electron chi connectivity index (χ1n) is 9.52. The van der Waals surface area contributed by atoms with Gasteiger partial charge in [-0.05, 0) is 62.4 Å². The fourth-order valence-electron chi connectivity index (χ4n) is 3.36. The number of hydrogen-bond acceptors (Lipinski definition) is 3. The first-order valence-corrected chi connectivity index (χ1v) is 9.90. The van der Waals surface area contributed by atoms with Crippen LogP contribution < -0.4 is 16.0 Å². The minimum Gasteiger partial charge on any atom is -0.349 e. The van der Waals surface area contributed by atoms with Crippen LogP contribution in [0.1, 0.15) is 47.3 Å². The van der Waals surface area contributed by atoms with Crippen molar-refractivity contribution in [1.82, 2.24) is 20.9 Å². The van der Waals surface area contributed by atoms with Crippen LogP contribution in [0.5, 0.6) is 0 Å². The Morgan fingerprint density at radius 1 is 1.04 bits per heavy atom. The molecule has 148 valence electrons. The molecular formula is C21H25ClN4O2. The van der Waals surface area contributed by atoms with Gasteiger partial charge in [0.1, 0.15) is 0 Å². The second-order valence-corrected chi connectivity index (χ2v) is 7.60. The Bertz CT molecular complexity index is 817. The average molecular weight is 401 g/mol. The molecule has 0 radical (unpaired) electrons. The molecule has 1 fully saturated rings. The molecule has 0 unspecified atom stereocenters. The third-order valence-corrected chi connectivity index (χ3v) is 5.17. The number of rotatable bonds is 5. The van der Waals surface area contributed by atoms with Gasteiger partial charge < -0.3 is 16.0 Å². The predicted molar refractivity (Wildman–Crippen MR) is 109 cm³/mol. The van der Waals surface area contributed by atoms with E-state index in [-0.39, 0.29) is 24.0 Å². The Morgan fingerprint density at radius 2 is 1.68 bits per heavy atom. The van der Waals surface area contributed by atoms with Crippen LogP contribution >= 0.6 is 11.6 Å². The van der Waals surface area contributed by atoms with Crippen molar-refractivity contribution >= 4 is 23.5 Å². The van der Waals surface area contributed by atoms with Crippen LogP contribution in [0.2, 0.25) is 5.02 Å². The summed E-state index contributed by atoms with van der Waals surface area (Å²) in [6, 6.07) is 11.0. The van der Waals surface area contributed by atoms with Crippen LogP contribution in [0.3, 0.4) is 0 Å². The SMILES string of the molecule is Cc1cc(C(=O)NC2CCC(NC(=O)NCc3ccc(Cl)cc3)CC2)ccn1. The van der Waals surface area contributed by atoms with Crippen molar-refractivity contribution in [2.24, 2.45) is 0 Å².